The van der Waals surface area contributed by atoms with Gasteiger partial charge in [-0.3, -0.25) is 4.79 Å². The lowest BCUT2D eigenvalue weighted by atomic mass is 9.39. The molecule has 7 nitrogen and oxygen atoms in total. The van der Waals surface area contributed by atoms with Gasteiger partial charge in [0, 0.05) is 23.4 Å². The molecule has 1 N–H and O–H groups in total. The van der Waals surface area contributed by atoms with Crippen molar-refractivity contribution in [2.75, 3.05) is 6.61 Å². The smallest absolute Gasteiger partial charge is 0.258 e. The SMILES string of the molecule is N#C[C@H]1C[C@@H](c2nnc(C34CC(NC(=O)COc5ccc(Cl)c(F)c5)(C3)C4)o2)C1. The van der Waals surface area contributed by atoms with Crippen LogP contribution in [0.15, 0.2) is 22.6 Å². The van der Waals surface area contributed by atoms with Gasteiger partial charge in [0.1, 0.15) is 11.6 Å². The van der Waals surface area contributed by atoms with Crippen LogP contribution in [0.4, 0.5) is 4.39 Å². The second kappa shape index (κ2) is 6.42. The summed E-state index contributed by atoms with van der Waals surface area (Å²) >= 11 is 5.63. The van der Waals surface area contributed by atoms with Gasteiger partial charge in [-0.05, 0) is 44.2 Å². The molecule has 4 aliphatic rings. The van der Waals surface area contributed by atoms with E-state index in [4.69, 9.17) is 26.0 Å². The molecule has 0 atom stereocenters. The maximum Gasteiger partial charge on any atom is 0.258 e. The Bertz CT molecular complexity index is 1010. The molecule has 4 aliphatic carbocycles. The molecular formula is C20H18ClFN4O3. The van der Waals surface area contributed by atoms with Crippen LogP contribution >= 0.6 is 11.6 Å². The van der Waals surface area contributed by atoms with Crippen molar-refractivity contribution >= 4 is 17.5 Å². The lowest BCUT2D eigenvalue weighted by Crippen LogP contribution is -2.77. The molecule has 0 radical (unpaired) electrons. The Morgan fingerprint density at radius 3 is 2.83 bits per heavy atom. The maximum absolute atomic E-state index is 13.4. The minimum absolute atomic E-state index is 0.00679. The minimum atomic E-state index is -0.588. The van der Waals surface area contributed by atoms with Gasteiger partial charge >= 0.3 is 0 Å². The number of aromatic nitrogens is 2. The molecule has 9 heteroatoms. The summed E-state index contributed by atoms with van der Waals surface area (Å²) in [6.45, 7) is -0.192. The number of nitrogens with zero attached hydrogens (tertiary/aromatic N) is 3. The number of nitriles is 1. The number of nitrogens with one attached hydrogen (secondary N) is 1. The molecule has 0 aliphatic heterocycles. The first-order chi connectivity index (χ1) is 13.9. The van der Waals surface area contributed by atoms with E-state index in [1.165, 1.54) is 12.1 Å². The number of amides is 1. The molecule has 1 amide bonds. The van der Waals surface area contributed by atoms with Gasteiger partial charge in [0.25, 0.3) is 5.91 Å². The summed E-state index contributed by atoms with van der Waals surface area (Å²) in [7, 11) is 0. The number of benzene rings is 1. The van der Waals surface area contributed by atoms with Crippen molar-refractivity contribution in [3.05, 3.63) is 40.8 Å². The van der Waals surface area contributed by atoms with Gasteiger partial charge in [0.05, 0.1) is 16.5 Å². The molecular weight excluding hydrogens is 399 g/mol. The summed E-state index contributed by atoms with van der Waals surface area (Å²) < 4.78 is 24.6. The highest BCUT2D eigenvalue weighted by molar-refractivity contribution is 6.30. The number of rotatable bonds is 6. The van der Waals surface area contributed by atoms with Crippen molar-refractivity contribution in [2.45, 2.75) is 49.0 Å². The molecule has 150 valence electrons. The Kier molecular flexibility index (Phi) is 4.07. The number of carbonyl (C=O) groups excluding carboxylic acids is 1. The molecule has 2 bridgehead atoms. The van der Waals surface area contributed by atoms with Gasteiger partial charge in [0.15, 0.2) is 6.61 Å². The van der Waals surface area contributed by atoms with E-state index in [0.717, 1.165) is 38.2 Å². The van der Waals surface area contributed by atoms with Crippen LogP contribution in [0.3, 0.4) is 0 Å². The first-order valence-electron chi connectivity index (χ1n) is 9.53. The Morgan fingerprint density at radius 2 is 2.14 bits per heavy atom. The molecule has 0 spiro atoms. The Labute approximate surface area is 171 Å². The third kappa shape index (κ3) is 3.04. The first-order valence-corrected chi connectivity index (χ1v) is 9.91. The van der Waals surface area contributed by atoms with Crippen molar-refractivity contribution in [1.29, 1.82) is 5.26 Å². The average Bonchev–Trinajstić information content (AvgIpc) is 3.06. The lowest BCUT2D eigenvalue weighted by Gasteiger charge is -2.68. The monoisotopic (exact) mass is 416 g/mol. The molecule has 1 heterocycles. The maximum atomic E-state index is 13.4. The number of ether oxygens (including phenoxy) is 1. The molecule has 0 unspecified atom stereocenters. The zero-order valence-electron chi connectivity index (χ0n) is 15.5. The van der Waals surface area contributed by atoms with Gasteiger partial charge in [-0.1, -0.05) is 11.6 Å². The fourth-order valence-electron chi connectivity index (χ4n) is 4.73. The van der Waals surface area contributed by atoms with E-state index in [0.29, 0.717) is 11.8 Å². The van der Waals surface area contributed by atoms with Crippen LogP contribution in [0.5, 0.6) is 5.75 Å². The largest absolute Gasteiger partial charge is 0.484 e. The first kappa shape index (κ1) is 18.4. The Morgan fingerprint density at radius 1 is 1.38 bits per heavy atom. The van der Waals surface area contributed by atoms with Crippen LogP contribution < -0.4 is 10.1 Å². The van der Waals surface area contributed by atoms with Crippen LogP contribution in [0.25, 0.3) is 0 Å². The highest BCUT2D eigenvalue weighted by atomic mass is 35.5. The predicted octanol–water partition coefficient (Wildman–Crippen LogP) is 3.25. The van der Waals surface area contributed by atoms with Crippen molar-refractivity contribution < 1.29 is 18.3 Å². The van der Waals surface area contributed by atoms with E-state index in [1.807, 2.05) is 0 Å². The third-order valence-electron chi connectivity index (χ3n) is 6.26. The summed E-state index contributed by atoms with van der Waals surface area (Å²) in [6.07, 6.45) is 3.84. The van der Waals surface area contributed by atoms with E-state index in [-0.39, 0.29) is 46.1 Å². The highest BCUT2D eigenvalue weighted by Crippen LogP contribution is 2.67. The average molecular weight is 417 g/mol. The van der Waals surface area contributed by atoms with Gasteiger partial charge in [-0.15, -0.1) is 10.2 Å². The van der Waals surface area contributed by atoms with E-state index < -0.39 is 5.82 Å². The summed E-state index contributed by atoms with van der Waals surface area (Å²) in [5.41, 5.74) is -0.389. The van der Waals surface area contributed by atoms with Gasteiger partial charge < -0.3 is 14.5 Å². The van der Waals surface area contributed by atoms with Gasteiger partial charge in [-0.2, -0.15) is 5.26 Å². The minimum Gasteiger partial charge on any atom is -0.484 e. The van der Waals surface area contributed by atoms with Crippen molar-refractivity contribution in [2.24, 2.45) is 5.92 Å². The zero-order chi connectivity index (χ0) is 20.2. The van der Waals surface area contributed by atoms with E-state index in [2.05, 4.69) is 21.6 Å². The van der Waals surface area contributed by atoms with Crippen molar-refractivity contribution in [1.82, 2.24) is 15.5 Å². The molecule has 0 saturated heterocycles. The number of halogens is 2. The van der Waals surface area contributed by atoms with Crippen LogP contribution in [0.1, 0.15) is 49.8 Å². The fourth-order valence-corrected chi connectivity index (χ4v) is 4.85. The molecule has 4 fully saturated rings. The van der Waals surface area contributed by atoms with Gasteiger partial charge in [-0.25, -0.2) is 4.39 Å². The van der Waals surface area contributed by atoms with E-state index in [9.17, 15) is 9.18 Å². The Hall–Kier alpha value is -2.66. The summed E-state index contributed by atoms with van der Waals surface area (Å²) in [6, 6.07) is 6.31. The second-order valence-corrected chi connectivity index (χ2v) is 8.85. The number of hydrogen-bond donors (Lipinski definition) is 1. The van der Waals surface area contributed by atoms with Crippen LogP contribution in [0, 0.1) is 23.1 Å². The zero-order valence-corrected chi connectivity index (χ0v) is 16.2. The van der Waals surface area contributed by atoms with Gasteiger partial charge in [0.2, 0.25) is 11.8 Å². The summed E-state index contributed by atoms with van der Waals surface area (Å²) in [5.74, 6) is 0.956. The van der Waals surface area contributed by atoms with Crippen LogP contribution in [0.2, 0.25) is 5.02 Å². The number of hydrogen-bond acceptors (Lipinski definition) is 6. The van der Waals surface area contributed by atoms with Crippen molar-refractivity contribution in [3.8, 4) is 11.8 Å². The quantitative estimate of drug-likeness (QED) is 0.775. The van der Waals surface area contributed by atoms with E-state index in [1.54, 1.807) is 0 Å². The molecule has 6 rings (SSSR count). The fraction of sp³-hybridized carbons (Fsp3) is 0.500. The molecule has 1 aromatic heterocycles. The topological polar surface area (TPSA) is 101 Å². The number of carbonyl (C=O) groups is 1. The predicted molar refractivity (Wildman–Crippen MR) is 98.7 cm³/mol. The lowest BCUT2D eigenvalue weighted by molar-refractivity contribution is -0.143. The second-order valence-electron chi connectivity index (χ2n) is 8.44. The Balaban J connectivity index is 1.12. The summed E-state index contributed by atoms with van der Waals surface area (Å²) in [5, 5.41) is 20.3. The molecule has 2 aromatic rings. The van der Waals surface area contributed by atoms with Crippen LogP contribution in [-0.2, 0) is 10.2 Å². The summed E-state index contributed by atoms with van der Waals surface area (Å²) in [4.78, 5) is 12.2. The normalized spacial score (nSPS) is 31.6. The van der Waals surface area contributed by atoms with Crippen LogP contribution in [-0.4, -0.2) is 28.3 Å². The molecule has 1 aromatic carbocycles. The molecule has 29 heavy (non-hydrogen) atoms. The highest BCUT2D eigenvalue weighted by Gasteiger charge is 2.71. The van der Waals surface area contributed by atoms with Crippen molar-refractivity contribution in [3.63, 3.8) is 0 Å². The third-order valence-corrected chi connectivity index (χ3v) is 6.57. The van der Waals surface area contributed by atoms with E-state index >= 15 is 0 Å². The standard InChI is InChI=1S/C20H18ClFN4O3/c21-14-2-1-13(5-15(14)22)28-7-16(27)24-20-8-19(9-20,10-20)18-26-25-17(29-18)12-3-11(4-12)6-23/h1-2,5,11-12H,3-4,7-10H2,(H,24,27)/t11-,12+,19?,20?. The molecule has 4 saturated carbocycles.